The first-order chi connectivity index (χ1) is 14.5. The molecule has 0 fully saturated rings. The Morgan fingerprint density at radius 2 is 0.867 bits per heavy atom. The molecule has 0 aliphatic carbocycles. The maximum Gasteiger partial charge on any atom is 0.324 e. The van der Waals surface area contributed by atoms with Crippen molar-refractivity contribution in [3.05, 3.63) is 0 Å². The largest absolute Gasteiger partial charge is 0.396 e. The Kier molecular flexibility index (Phi) is 21.3. The van der Waals surface area contributed by atoms with E-state index in [4.69, 9.17) is 17.7 Å². The fourth-order valence-electron chi connectivity index (χ4n) is 3.39. The van der Waals surface area contributed by atoms with Gasteiger partial charge in [-0.3, -0.25) is 0 Å². The van der Waals surface area contributed by atoms with Crippen molar-refractivity contribution in [1.29, 1.82) is 0 Å². The van der Waals surface area contributed by atoms with Crippen molar-refractivity contribution in [3.63, 3.8) is 0 Å². The van der Waals surface area contributed by atoms with Crippen LogP contribution >= 0.6 is 0 Å². The molecule has 0 bridgehead atoms. The van der Waals surface area contributed by atoms with Gasteiger partial charge in [-0.2, -0.15) is 0 Å². The highest BCUT2D eigenvalue weighted by molar-refractivity contribution is 6.46. The highest BCUT2D eigenvalue weighted by Gasteiger charge is 2.25. The van der Waals surface area contributed by atoms with E-state index in [2.05, 4.69) is 53.4 Å². The van der Waals surface area contributed by atoms with Crippen LogP contribution in [0.4, 0.5) is 0 Å². The van der Waals surface area contributed by atoms with Gasteiger partial charge < -0.3 is 22.6 Å². The van der Waals surface area contributed by atoms with Crippen molar-refractivity contribution in [2.24, 2.45) is 0 Å². The molecule has 0 spiro atoms. The molecule has 2 unspecified atom stereocenters. The molecule has 0 aliphatic heterocycles. The third-order valence-electron chi connectivity index (χ3n) is 5.22. The van der Waals surface area contributed by atoms with Crippen LogP contribution in [0.2, 0.25) is 11.1 Å². The van der Waals surface area contributed by atoms with E-state index in [1.807, 2.05) is 0 Å². The van der Waals surface area contributed by atoms with Crippen molar-refractivity contribution in [2.45, 2.75) is 104 Å². The lowest BCUT2D eigenvalue weighted by molar-refractivity contribution is 0.179. The molecule has 2 atom stereocenters. The summed E-state index contributed by atoms with van der Waals surface area (Å²) in [4.78, 5) is 2.63. The number of hydrogen-bond donors (Lipinski definition) is 0. The highest BCUT2D eigenvalue weighted by Crippen LogP contribution is 2.21. The summed E-state index contributed by atoms with van der Waals surface area (Å²) in [5, 5.41) is 0. The second kappa shape index (κ2) is 21.1. The van der Waals surface area contributed by atoms with Gasteiger partial charge in [0.05, 0.1) is 0 Å². The molecule has 5 nitrogen and oxygen atoms in total. The molecule has 0 saturated carbocycles. The Balaban J connectivity index is 4.59. The average Bonchev–Trinajstić information content (AvgIpc) is 2.75. The Bertz CT molecular complexity index is 320. The number of nitrogens with zero attached hydrogens (tertiary/aromatic N) is 1. The van der Waals surface area contributed by atoms with E-state index < -0.39 is 18.6 Å². The van der Waals surface area contributed by atoms with Crippen LogP contribution in [0.25, 0.3) is 0 Å². The molecular weight excluding hydrogens is 410 g/mol. The van der Waals surface area contributed by atoms with E-state index in [-0.39, 0.29) is 0 Å². The molecule has 0 aliphatic rings. The lowest BCUT2D eigenvalue weighted by Gasteiger charge is -2.28. The normalized spacial score (nSPS) is 14.2. The van der Waals surface area contributed by atoms with Crippen LogP contribution in [0.3, 0.4) is 0 Å². The third-order valence-corrected chi connectivity index (χ3v) is 10.00. The summed E-state index contributed by atoms with van der Waals surface area (Å²) in [6.07, 6.45) is 7.79. The van der Waals surface area contributed by atoms with Gasteiger partial charge in [0.1, 0.15) is 0 Å². The summed E-state index contributed by atoms with van der Waals surface area (Å²) in [5.41, 5.74) is 1.09. The van der Waals surface area contributed by atoms with Crippen molar-refractivity contribution in [3.8, 4) is 0 Å². The first kappa shape index (κ1) is 30.2. The van der Waals surface area contributed by atoms with Crippen LogP contribution in [0.1, 0.15) is 93.4 Å². The van der Waals surface area contributed by atoms with Gasteiger partial charge in [-0.1, -0.05) is 48.5 Å². The standard InChI is InChI=1S/C23H53NO4Si2/c1-8-15-24(16-13-22(6)29(25-18-9-2)26-19-10-3)17-14-23(7)30(27-20-11-4)28-21-12-5/h22-23,29-30H,8-21H2,1-7H3. The zero-order valence-corrected chi connectivity index (χ0v) is 23.6. The number of rotatable bonds is 22. The lowest BCUT2D eigenvalue weighted by Crippen LogP contribution is -2.35. The summed E-state index contributed by atoms with van der Waals surface area (Å²) in [5.74, 6) is 0. The minimum absolute atomic E-state index is 0.544. The van der Waals surface area contributed by atoms with Crippen LogP contribution in [-0.2, 0) is 17.7 Å². The predicted octanol–water partition coefficient (Wildman–Crippen LogP) is 5.41. The fraction of sp³-hybridized carbons (Fsp3) is 1.00. The SMILES string of the molecule is CCCO[SiH](OCCC)C(C)CCN(CCC)CCC(C)[SiH](OCCC)OCCC. The zero-order chi connectivity index (χ0) is 22.6. The molecule has 0 N–H and O–H groups in total. The Morgan fingerprint density at radius 1 is 0.533 bits per heavy atom. The minimum Gasteiger partial charge on any atom is -0.396 e. The molecule has 182 valence electrons. The fourth-order valence-corrected chi connectivity index (χ4v) is 7.61. The molecule has 0 saturated heterocycles. The van der Waals surface area contributed by atoms with Crippen LogP contribution in [0, 0.1) is 0 Å². The predicted molar refractivity (Wildman–Crippen MR) is 134 cm³/mol. The molecule has 0 aromatic heterocycles. The van der Waals surface area contributed by atoms with Gasteiger partial charge >= 0.3 is 18.6 Å². The molecule has 30 heavy (non-hydrogen) atoms. The molecule has 0 radical (unpaired) electrons. The summed E-state index contributed by atoms with van der Waals surface area (Å²) < 4.78 is 24.5. The molecule has 7 heteroatoms. The van der Waals surface area contributed by atoms with Gasteiger partial charge in [0.15, 0.2) is 0 Å². The third kappa shape index (κ3) is 15.1. The van der Waals surface area contributed by atoms with Crippen molar-refractivity contribution in [2.75, 3.05) is 46.1 Å². The molecule has 0 amide bonds. The maximum atomic E-state index is 6.12. The van der Waals surface area contributed by atoms with E-state index in [0.717, 1.165) is 84.6 Å². The van der Waals surface area contributed by atoms with Crippen LogP contribution < -0.4 is 0 Å². The van der Waals surface area contributed by atoms with E-state index in [0.29, 0.717) is 11.1 Å². The van der Waals surface area contributed by atoms with Crippen molar-refractivity contribution >= 4 is 18.6 Å². The van der Waals surface area contributed by atoms with Gasteiger partial charge in [-0.25, -0.2) is 0 Å². The smallest absolute Gasteiger partial charge is 0.324 e. The van der Waals surface area contributed by atoms with Crippen molar-refractivity contribution < 1.29 is 17.7 Å². The first-order valence-corrected chi connectivity index (χ1v) is 15.9. The van der Waals surface area contributed by atoms with Gasteiger partial charge in [-0.05, 0) is 75.7 Å². The zero-order valence-electron chi connectivity index (χ0n) is 21.3. The minimum atomic E-state index is -1.58. The van der Waals surface area contributed by atoms with E-state index >= 15 is 0 Å². The second-order valence-electron chi connectivity index (χ2n) is 8.59. The molecular formula is C23H53NO4Si2. The van der Waals surface area contributed by atoms with Crippen LogP contribution in [0.15, 0.2) is 0 Å². The quantitative estimate of drug-likeness (QED) is 0.201. The Labute approximate surface area is 191 Å². The van der Waals surface area contributed by atoms with Gasteiger partial charge in [-0.15, -0.1) is 0 Å². The van der Waals surface area contributed by atoms with Gasteiger partial charge in [0, 0.05) is 26.4 Å². The first-order valence-electron chi connectivity index (χ1n) is 12.7. The summed E-state index contributed by atoms with van der Waals surface area (Å²) in [6.45, 7) is 22.4. The topological polar surface area (TPSA) is 40.2 Å². The van der Waals surface area contributed by atoms with Crippen LogP contribution in [-0.4, -0.2) is 69.5 Å². The Morgan fingerprint density at radius 3 is 1.13 bits per heavy atom. The summed E-state index contributed by atoms with van der Waals surface area (Å²) >= 11 is 0. The van der Waals surface area contributed by atoms with Crippen molar-refractivity contribution in [1.82, 2.24) is 4.90 Å². The van der Waals surface area contributed by atoms with E-state index in [9.17, 15) is 0 Å². The van der Waals surface area contributed by atoms with E-state index in [1.165, 1.54) is 6.42 Å². The number of hydrogen-bond acceptors (Lipinski definition) is 5. The summed E-state index contributed by atoms with van der Waals surface area (Å²) in [7, 11) is -3.17. The van der Waals surface area contributed by atoms with Gasteiger partial charge in [0.25, 0.3) is 0 Å². The molecule has 0 aromatic rings. The average molecular weight is 464 g/mol. The lowest BCUT2D eigenvalue weighted by atomic mass is 10.2. The molecule has 0 aromatic carbocycles. The maximum absolute atomic E-state index is 6.12. The van der Waals surface area contributed by atoms with E-state index in [1.54, 1.807) is 0 Å². The highest BCUT2D eigenvalue weighted by atomic mass is 28.3. The molecule has 0 rings (SSSR count). The Hall–Kier alpha value is 0.234. The van der Waals surface area contributed by atoms with Gasteiger partial charge in [0.2, 0.25) is 0 Å². The summed E-state index contributed by atoms with van der Waals surface area (Å²) in [6, 6.07) is 0. The van der Waals surface area contributed by atoms with Crippen LogP contribution in [0.5, 0.6) is 0 Å². The molecule has 0 heterocycles. The second-order valence-corrected chi connectivity index (χ2v) is 13.7. The monoisotopic (exact) mass is 463 g/mol.